The Morgan fingerprint density at radius 3 is 2.56 bits per heavy atom. The Labute approximate surface area is 168 Å². The Morgan fingerprint density at radius 2 is 1.93 bits per heavy atom. The fraction of sp³-hybridized carbons (Fsp3) is 0.455. The van der Waals surface area contributed by atoms with Crippen molar-refractivity contribution in [3.8, 4) is 5.69 Å². The van der Waals surface area contributed by atoms with E-state index in [1.807, 2.05) is 30.5 Å². The molecule has 5 heteroatoms. The number of benzene rings is 1. The van der Waals surface area contributed by atoms with E-state index in [1.165, 1.54) is 27.8 Å². The van der Waals surface area contributed by atoms with Gasteiger partial charge in [-0.25, -0.2) is 4.98 Å². The van der Waals surface area contributed by atoms with Crippen LogP contribution >= 0.6 is 23.1 Å². The highest BCUT2D eigenvalue weighted by molar-refractivity contribution is 7.98. The van der Waals surface area contributed by atoms with E-state index in [4.69, 9.17) is 4.98 Å². The Morgan fingerprint density at radius 1 is 1.22 bits per heavy atom. The van der Waals surface area contributed by atoms with Gasteiger partial charge in [0.2, 0.25) is 0 Å². The number of hydrogen-bond donors (Lipinski definition) is 0. The summed E-state index contributed by atoms with van der Waals surface area (Å²) in [5.41, 5.74) is 3.72. The summed E-state index contributed by atoms with van der Waals surface area (Å²) < 4.78 is 1.79. The van der Waals surface area contributed by atoms with E-state index in [2.05, 4.69) is 27.7 Å². The smallest absolute Gasteiger partial charge is 0.267 e. The average molecular weight is 399 g/mol. The van der Waals surface area contributed by atoms with Gasteiger partial charge in [-0.1, -0.05) is 50.2 Å². The molecule has 2 heterocycles. The van der Waals surface area contributed by atoms with Gasteiger partial charge in [0.1, 0.15) is 4.83 Å². The number of hydrogen-bond acceptors (Lipinski definition) is 4. The Balaban J connectivity index is 1.91. The molecule has 142 valence electrons. The highest BCUT2D eigenvalue weighted by Gasteiger charge is 2.32. The summed E-state index contributed by atoms with van der Waals surface area (Å²) in [6, 6.07) is 8.12. The molecule has 3 nitrogen and oxygen atoms in total. The van der Waals surface area contributed by atoms with Crippen molar-refractivity contribution in [2.75, 3.05) is 6.26 Å². The SMILES string of the molecule is CSc1nc2sc3c(c2c(=O)n1-c1ccc(C)cc1)CCC(C(C)(C)C)C3. The zero-order valence-electron chi connectivity index (χ0n) is 16.6. The van der Waals surface area contributed by atoms with Crippen molar-refractivity contribution in [1.82, 2.24) is 9.55 Å². The first-order chi connectivity index (χ1) is 12.8. The van der Waals surface area contributed by atoms with E-state index in [-0.39, 0.29) is 5.56 Å². The molecule has 3 aromatic rings. The van der Waals surface area contributed by atoms with Crippen molar-refractivity contribution >= 4 is 33.3 Å². The van der Waals surface area contributed by atoms with Crippen LogP contribution < -0.4 is 5.56 Å². The van der Waals surface area contributed by atoms with E-state index < -0.39 is 0 Å². The molecule has 1 unspecified atom stereocenters. The molecule has 0 aliphatic heterocycles. The van der Waals surface area contributed by atoms with Crippen LogP contribution in [-0.4, -0.2) is 15.8 Å². The number of aromatic nitrogens is 2. The topological polar surface area (TPSA) is 34.9 Å². The minimum atomic E-state index is 0.0833. The fourth-order valence-electron chi connectivity index (χ4n) is 4.00. The van der Waals surface area contributed by atoms with Crippen molar-refractivity contribution < 1.29 is 0 Å². The van der Waals surface area contributed by atoms with E-state index in [0.717, 1.165) is 40.3 Å². The van der Waals surface area contributed by atoms with Gasteiger partial charge < -0.3 is 0 Å². The van der Waals surface area contributed by atoms with E-state index >= 15 is 0 Å². The summed E-state index contributed by atoms with van der Waals surface area (Å²) in [6.45, 7) is 9.03. The molecule has 0 N–H and O–H groups in total. The van der Waals surface area contributed by atoms with Gasteiger partial charge in [-0.15, -0.1) is 11.3 Å². The van der Waals surface area contributed by atoms with Crippen molar-refractivity contribution in [1.29, 1.82) is 0 Å². The second kappa shape index (κ2) is 6.78. The predicted octanol–water partition coefficient (Wildman–Crippen LogP) is 5.63. The van der Waals surface area contributed by atoms with Crippen LogP contribution in [0.2, 0.25) is 0 Å². The molecule has 0 spiro atoms. The third-order valence-corrected chi connectivity index (χ3v) is 7.54. The average Bonchev–Trinajstić information content (AvgIpc) is 2.99. The van der Waals surface area contributed by atoms with Crippen molar-refractivity contribution in [2.45, 2.75) is 52.1 Å². The third-order valence-electron chi connectivity index (χ3n) is 5.75. The number of aryl methyl sites for hydroxylation is 2. The second-order valence-corrected chi connectivity index (χ2v) is 10.4. The van der Waals surface area contributed by atoms with E-state index in [9.17, 15) is 4.79 Å². The molecule has 27 heavy (non-hydrogen) atoms. The first-order valence-corrected chi connectivity index (χ1v) is 11.5. The minimum absolute atomic E-state index is 0.0833. The molecule has 0 saturated carbocycles. The predicted molar refractivity (Wildman–Crippen MR) is 117 cm³/mol. The second-order valence-electron chi connectivity index (χ2n) is 8.56. The molecule has 0 saturated heterocycles. The van der Waals surface area contributed by atoms with Crippen LogP contribution in [0, 0.1) is 18.3 Å². The number of nitrogens with zero attached hydrogens (tertiary/aromatic N) is 2. The van der Waals surface area contributed by atoms with Gasteiger partial charge >= 0.3 is 0 Å². The minimum Gasteiger partial charge on any atom is -0.268 e. The highest BCUT2D eigenvalue weighted by atomic mass is 32.2. The van der Waals surface area contributed by atoms with Crippen LogP contribution in [0.1, 0.15) is 43.2 Å². The van der Waals surface area contributed by atoms with Gasteiger partial charge in [-0.05, 0) is 61.5 Å². The first-order valence-electron chi connectivity index (χ1n) is 9.48. The summed E-state index contributed by atoms with van der Waals surface area (Å²) in [7, 11) is 0. The highest BCUT2D eigenvalue weighted by Crippen LogP contribution is 2.42. The zero-order chi connectivity index (χ0) is 19.3. The lowest BCUT2D eigenvalue weighted by atomic mass is 9.72. The van der Waals surface area contributed by atoms with Crippen molar-refractivity contribution in [3.63, 3.8) is 0 Å². The Bertz CT molecular complexity index is 1060. The lowest BCUT2D eigenvalue weighted by molar-refractivity contribution is 0.218. The van der Waals surface area contributed by atoms with Crippen LogP contribution in [0.15, 0.2) is 34.2 Å². The molecular formula is C22H26N2OS2. The maximum atomic E-state index is 13.5. The van der Waals surface area contributed by atoms with Gasteiger partial charge in [0, 0.05) is 4.88 Å². The number of rotatable bonds is 2. The summed E-state index contributed by atoms with van der Waals surface area (Å²) in [5.74, 6) is 0.664. The van der Waals surface area contributed by atoms with E-state index in [0.29, 0.717) is 11.3 Å². The zero-order valence-corrected chi connectivity index (χ0v) is 18.3. The van der Waals surface area contributed by atoms with Gasteiger partial charge in [0.25, 0.3) is 5.56 Å². The molecule has 4 rings (SSSR count). The number of fused-ring (bicyclic) bond motifs is 3. The van der Waals surface area contributed by atoms with Crippen molar-refractivity contribution in [3.05, 3.63) is 50.6 Å². The molecule has 1 atom stereocenters. The van der Waals surface area contributed by atoms with Crippen molar-refractivity contribution in [2.24, 2.45) is 11.3 Å². The molecular weight excluding hydrogens is 372 g/mol. The van der Waals surface area contributed by atoms with Crippen LogP contribution in [-0.2, 0) is 12.8 Å². The molecule has 1 aliphatic carbocycles. The standard InChI is InChI=1S/C22H26N2OS2/c1-13-6-9-15(10-7-13)24-20(25)18-16-11-8-14(22(2,3)4)12-17(16)27-19(18)23-21(24)26-5/h6-7,9-10,14H,8,11-12H2,1-5H3. The quantitative estimate of drug-likeness (QED) is 0.414. The van der Waals surface area contributed by atoms with Gasteiger partial charge in [0.15, 0.2) is 5.16 Å². The Kier molecular flexibility index (Phi) is 4.71. The maximum Gasteiger partial charge on any atom is 0.267 e. The van der Waals surface area contributed by atoms with E-state index in [1.54, 1.807) is 15.9 Å². The van der Waals surface area contributed by atoms with Crippen LogP contribution in [0.5, 0.6) is 0 Å². The largest absolute Gasteiger partial charge is 0.268 e. The lowest BCUT2D eigenvalue weighted by Gasteiger charge is -2.33. The van der Waals surface area contributed by atoms with Crippen LogP contribution in [0.3, 0.4) is 0 Å². The molecule has 0 bridgehead atoms. The molecule has 0 amide bonds. The molecule has 0 fully saturated rings. The normalized spacial score (nSPS) is 17.3. The summed E-state index contributed by atoms with van der Waals surface area (Å²) in [4.78, 5) is 20.7. The summed E-state index contributed by atoms with van der Waals surface area (Å²) in [5, 5.41) is 1.61. The molecule has 1 aromatic carbocycles. The molecule has 2 aromatic heterocycles. The maximum absolute atomic E-state index is 13.5. The van der Waals surface area contributed by atoms with Crippen LogP contribution in [0.25, 0.3) is 15.9 Å². The van der Waals surface area contributed by atoms with Gasteiger partial charge in [-0.3, -0.25) is 9.36 Å². The summed E-state index contributed by atoms with van der Waals surface area (Å²) >= 11 is 3.26. The van der Waals surface area contributed by atoms with Gasteiger partial charge in [0.05, 0.1) is 11.1 Å². The number of thiophene rings is 1. The monoisotopic (exact) mass is 398 g/mol. The fourth-order valence-corrected chi connectivity index (χ4v) is 5.91. The summed E-state index contributed by atoms with van der Waals surface area (Å²) in [6.07, 6.45) is 5.19. The third kappa shape index (κ3) is 3.25. The molecule has 0 radical (unpaired) electrons. The van der Waals surface area contributed by atoms with Crippen LogP contribution in [0.4, 0.5) is 0 Å². The number of thioether (sulfide) groups is 1. The first kappa shape index (κ1) is 18.8. The van der Waals surface area contributed by atoms with Gasteiger partial charge in [-0.2, -0.15) is 0 Å². The lowest BCUT2D eigenvalue weighted by Crippen LogP contribution is -2.27. The molecule has 1 aliphatic rings. The Hall–Kier alpha value is -1.59.